The molecule has 1 aromatic heterocycles. The van der Waals surface area contributed by atoms with Crippen LogP contribution in [0.4, 0.5) is 0 Å². The summed E-state index contributed by atoms with van der Waals surface area (Å²) in [5, 5.41) is 18.3. The predicted octanol–water partition coefficient (Wildman–Crippen LogP) is 3.91. The van der Waals surface area contributed by atoms with E-state index in [0.717, 1.165) is 48.7 Å². The molecule has 1 aliphatic heterocycles. The number of nitrogens with one attached hydrogen (secondary N) is 1. The molecule has 0 bridgehead atoms. The summed E-state index contributed by atoms with van der Waals surface area (Å²) in [5.74, 6) is 1.56. The van der Waals surface area contributed by atoms with Crippen LogP contribution in [0.5, 0.6) is 0 Å². The molecule has 1 aliphatic rings. The molecular formula is C20H22N4OS. The van der Waals surface area contributed by atoms with Crippen LogP contribution >= 0.6 is 11.9 Å². The maximum Gasteiger partial charge on any atom is 0.161 e. The van der Waals surface area contributed by atoms with E-state index in [9.17, 15) is 5.11 Å². The summed E-state index contributed by atoms with van der Waals surface area (Å²) < 4.78 is 2.33. The fraction of sp³-hybridized carbons (Fsp3) is 0.300. The number of aliphatic hydroxyl groups excluding tert-OH is 1. The SMILES string of the molecule is Cc1ccc(-c2nnc(-c3ccccc3)[nH]2)cc1SN1CCC(O)CC1. The molecule has 2 aromatic carbocycles. The van der Waals surface area contributed by atoms with E-state index in [1.165, 1.54) is 10.5 Å². The first-order valence-electron chi connectivity index (χ1n) is 8.89. The van der Waals surface area contributed by atoms with E-state index in [0.29, 0.717) is 0 Å². The highest BCUT2D eigenvalue weighted by Gasteiger charge is 2.19. The van der Waals surface area contributed by atoms with Crippen LogP contribution in [0.3, 0.4) is 0 Å². The van der Waals surface area contributed by atoms with E-state index in [4.69, 9.17) is 0 Å². The van der Waals surface area contributed by atoms with Crippen LogP contribution in [0.1, 0.15) is 18.4 Å². The summed E-state index contributed by atoms with van der Waals surface area (Å²) >= 11 is 1.77. The third-order valence-electron chi connectivity index (χ3n) is 4.65. The van der Waals surface area contributed by atoms with Crippen LogP contribution < -0.4 is 0 Å². The first-order valence-corrected chi connectivity index (χ1v) is 9.66. The van der Waals surface area contributed by atoms with Gasteiger partial charge in [0.25, 0.3) is 0 Å². The van der Waals surface area contributed by atoms with Gasteiger partial charge in [-0.3, -0.25) is 0 Å². The van der Waals surface area contributed by atoms with Crippen LogP contribution in [0.15, 0.2) is 53.4 Å². The second kappa shape index (κ2) is 7.61. The Labute approximate surface area is 157 Å². The maximum atomic E-state index is 9.68. The Morgan fingerprint density at radius 3 is 2.42 bits per heavy atom. The Morgan fingerprint density at radius 1 is 1.00 bits per heavy atom. The maximum absolute atomic E-state index is 9.68. The number of aromatic nitrogens is 3. The van der Waals surface area contributed by atoms with Gasteiger partial charge in [0.15, 0.2) is 11.6 Å². The normalized spacial score (nSPS) is 16.1. The molecule has 0 unspecified atom stereocenters. The number of hydrogen-bond donors (Lipinski definition) is 2. The number of hydrogen-bond acceptors (Lipinski definition) is 5. The number of nitrogens with zero attached hydrogens (tertiary/aromatic N) is 3. The molecule has 1 saturated heterocycles. The molecule has 0 amide bonds. The minimum atomic E-state index is -0.148. The van der Waals surface area contributed by atoms with Crippen molar-refractivity contribution in [2.45, 2.75) is 30.8 Å². The molecule has 2 heterocycles. The molecule has 3 aromatic rings. The predicted molar refractivity (Wildman–Crippen MR) is 105 cm³/mol. The van der Waals surface area contributed by atoms with Crippen LogP contribution in [0.2, 0.25) is 0 Å². The summed E-state index contributed by atoms with van der Waals surface area (Å²) in [6.07, 6.45) is 1.53. The Balaban J connectivity index is 1.55. The molecule has 4 rings (SSSR count). The Morgan fingerprint density at radius 2 is 1.69 bits per heavy atom. The van der Waals surface area contributed by atoms with Gasteiger partial charge in [-0.15, -0.1) is 10.2 Å². The summed E-state index contributed by atoms with van der Waals surface area (Å²) in [4.78, 5) is 4.54. The van der Waals surface area contributed by atoms with Crippen LogP contribution in [-0.2, 0) is 0 Å². The number of benzene rings is 2. The van der Waals surface area contributed by atoms with E-state index in [1.54, 1.807) is 11.9 Å². The number of H-pyrrole nitrogens is 1. The van der Waals surface area contributed by atoms with E-state index in [-0.39, 0.29) is 6.10 Å². The van der Waals surface area contributed by atoms with Gasteiger partial charge >= 0.3 is 0 Å². The topological polar surface area (TPSA) is 65.0 Å². The van der Waals surface area contributed by atoms with Crippen LogP contribution in [-0.4, -0.2) is 43.8 Å². The van der Waals surface area contributed by atoms with E-state index in [1.807, 2.05) is 30.3 Å². The number of aryl methyl sites for hydroxylation is 1. The van der Waals surface area contributed by atoms with Crippen molar-refractivity contribution < 1.29 is 5.11 Å². The summed E-state index contributed by atoms with van der Waals surface area (Å²) in [6, 6.07) is 16.4. The van der Waals surface area contributed by atoms with Gasteiger partial charge in [0.05, 0.1) is 6.10 Å². The second-order valence-corrected chi connectivity index (χ2v) is 7.76. The van der Waals surface area contributed by atoms with Gasteiger partial charge in [0, 0.05) is 29.1 Å². The number of rotatable bonds is 4. The molecule has 5 nitrogen and oxygen atoms in total. The van der Waals surface area contributed by atoms with Crippen LogP contribution in [0.25, 0.3) is 22.8 Å². The van der Waals surface area contributed by atoms with Crippen molar-refractivity contribution in [1.29, 1.82) is 0 Å². The fourth-order valence-corrected chi connectivity index (χ4v) is 4.10. The number of aliphatic hydroxyl groups is 1. The quantitative estimate of drug-likeness (QED) is 0.686. The average molecular weight is 366 g/mol. The zero-order valence-corrected chi connectivity index (χ0v) is 15.5. The Bertz CT molecular complexity index is 873. The highest BCUT2D eigenvalue weighted by Crippen LogP contribution is 2.32. The summed E-state index contributed by atoms with van der Waals surface area (Å²) in [7, 11) is 0. The molecule has 6 heteroatoms. The minimum absolute atomic E-state index is 0.148. The molecule has 1 fully saturated rings. The van der Waals surface area contributed by atoms with Crippen molar-refractivity contribution in [3.63, 3.8) is 0 Å². The highest BCUT2D eigenvalue weighted by molar-refractivity contribution is 7.97. The van der Waals surface area contributed by atoms with Crippen molar-refractivity contribution >= 4 is 11.9 Å². The van der Waals surface area contributed by atoms with Crippen molar-refractivity contribution in [2.75, 3.05) is 13.1 Å². The van der Waals surface area contributed by atoms with E-state index >= 15 is 0 Å². The van der Waals surface area contributed by atoms with Gasteiger partial charge in [-0.1, -0.05) is 42.5 Å². The van der Waals surface area contributed by atoms with Gasteiger partial charge in [-0.2, -0.15) is 0 Å². The lowest BCUT2D eigenvalue weighted by atomic mass is 10.1. The van der Waals surface area contributed by atoms with Crippen molar-refractivity contribution in [3.8, 4) is 22.8 Å². The molecular weight excluding hydrogens is 344 g/mol. The van der Waals surface area contributed by atoms with Gasteiger partial charge in [0.1, 0.15) is 0 Å². The van der Waals surface area contributed by atoms with Gasteiger partial charge in [0.2, 0.25) is 0 Å². The second-order valence-electron chi connectivity index (χ2n) is 6.62. The monoisotopic (exact) mass is 366 g/mol. The molecule has 0 aliphatic carbocycles. The lowest BCUT2D eigenvalue weighted by Gasteiger charge is -2.28. The largest absolute Gasteiger partial charge is 0.393 e. The molecule has 26 heavy (non-hydrogen) atoms. The number of aromatic amines is 1. The lowest BCUT2D eigenvalue weighted by molar-refractivity contribution is 0.116. The first kappa shape index (κ1) is 17.3. The molecule has 0 radical (unpaired) electrons. The zero-order valence-electron chi connectivity index (χ0n) is 14.7. The minimum Gasteiger partial charge on any atom is -0.393 e. The standard InChI is InChI=1S/C20H22N4OS/c1-14-7-8-16(13-18(14)26-24-11-9-17(25)10-12-24)20-21-19(22-23-20)15-5-3-2-4-6-15/h2-8,13,17,25H,9-12H2,1H3,(H,21,22,23). The third kappa shape index (κ3) is 3.82. The van der Waals surface area contributed by atoms with Gasteiger partial charge in [-0.25, -0.2) is 4.31 Å². The first-order chi connectivity index (χ1) is 12.7. The fourth-order valence-electron chi connectivity index (χ4n) is 3.04. The van der Waals surface area contributed by atoms with E-state index < -0.39 is 0 Å². The average Bonchev–Trinajstić information content (AvgIpc) is 3.16. The molecule has 134 valence electrons. The smallest absolute Gasteiger partial charge is 0.161 e. The Kier molecular flexibility index (Phi) is 5.06. The van der Waals surface area contributed by atoms with Gasteiger partial charge in [-0.05, 0) is 43.3 Å². The summed E-state index contributed by atoms with van der Waals surface area (Å²) in [5.41, 5.74) is 3.30. The summed E-state index contributed by atoms with van der Waals surface area (Å²) in [6.45, 7) is 3.95. The molecule has 2 N–H and O–H groups in total. The van der Waals surface area contributed by atoms with Crippen molar-refractivity contribution in [1.82, 2.24) is 19.5 Å². The lowest BCUT2D eigenvalue weighted by Crippen LogP contribution is -2.31. The van der Waals surface area contributed by atoms with Crippen molar-refractivity contribution in [3.05, 3.63) is 54.1 Å². The number of piperidine rings is 1. The third-order valence-corrected chi connectivity index (χ3v) is 5.91. The highest BCUT2D eigenvalue weighted by atomic mass is 32.2. The van der Waals surface area contributed by atoms with Crippen molar-refractivity contribution in [2.24, 2.45) is 0 Å². The van der Waals surface area contributed by atoms with E-state index in [2.05, 4.69) is 44.6 Å². The van der Waals surface area contributed by atoms with Crippen LogP contribution in [0, 0.1) is 6.92 Å². The molecule has 0 spiro atoms. The zero-order chi connectivity index (χ0) is 17.9. The molecule has 0 saturated carbocycles. The van der Waals surface area contributed by atoms with Gasteiger partial charge < -0.3 is 10.1 Å². The Hall–Kier alpha value is -2.15. The molecule has 0 atom stereocenters.